The summed E-state index contributed by atoms with van der Waals surface area (Å²) in [7, 11) is 0. The van der Waals surface area contributed by atoms with E-state index in [1.165, 1.54) is 12.1 Å². The Morgan fingerprint density at radius 1 is 0.793 bits per heavy atom. The van der Waals surface area contributed by atoms with Crippen molar-refractivity contribution in [1.29, 1.82) is 0 Å². The van der Waals surface area contributed by atoms with Crippen LogP contribution in [0, 0.1) is 0 Å². The largest absolute Gasteiger partial charge is 0.491 e. The molecule has 1 aliphatic rings. The predicted octanol–water partition coefficient (Wildman–Crippen LogP) is 3.90. The first-order valence-electron chi connectivity index (χ1n) is 9.12. The highest BCUT2D eigenvalue weighted by molar-refractivity contribution is 5.93. The minimum absolute atomic E-state index is 0.0842. The lowest BCUT2D eigenvalue weighted by Crippen LogP contribution is -2.13. The van der Waals surface area contributed by atoms with Crippen molar-refractivity contribution in [1.82, 2.24) is 0 Å². The van der Waals surface area contributed by atoms with E-state index in [4.69, 9.17) is 18.9 Å². The van der Waals surface area contributed by atoms with Gasteiger partial charge in [0.2, 0.25) is 0 Å². The first-order valence-corrected chi connectivity index (χ1v) is 9.12. The predicted molar refractivity (Wildman–Crippen MR) is 104 cm³/mol. The van der Waals surface area contributed by atoms with E-state index in [9.17, 15) is 9.59 Å². The second kappa shape index (κ2) is 8.58. The van der Waals surface area contributed by atoms with Crippen LogP contribution in [0.2, 0.25) is 0 Å². The van der Waals surface area contributed by atoms with Crippen molar-refractivity contribution in [3.05, 3.63) is 90.0 Å². The van der Waals surface area contributed by atoms with E-state index >= 15 is 0 Å². The second-order valence-corrected chi connectivity index (χ2v) is 6.39. The molecule has 0 radical (unpaired) electrons. The zero-order chi connectivity index (χ0) is 20.1. The standard InChI is InChI=1S/C23H18O6/c24-22(16-7-3-1-4-8-16)28-20-12-11-18(26-14-19-15-27-19)13-21(20)29-23(25)17-9-5-2-6-10-17/h1-13,19H,14-15H2. The van der Waals surface area contributed by atoms with Gasteiger partial charge in [-0.15, -0.1) is 0 Å². The fourth-order valence-electron chi connectivity index (χ4n) is 2.56. The van der Waals surface area contributed by atoms with Crippen LogP contribution >= 0.6 is 0 Å². The molecule has 3 aromatic rings. The van der Waals surface area contributed by atoms with E-state index in [1.54, 1.807) is 66.7 Å². The Balaban J connectivity index is 1.56. The van der Waals surface area contributed by atoms with Crippen molar-refractivity contribution >= 4 is 11.9 Å². The number of rotatable bonds is 7. The Morgan fingerprint density at radius 3 is 1.90 bits per heavy atom. The second-order valence-electron chi connectivity index (χ2n) is 6.39. The van der Waals surface area contributed by atoms with E-state index in [2.05, 4.69) is 0 Å². The smallest absolute Gasteiger partial charge is 0.343 e. The summed E-state index contributed by atoms with van der Waals surface area (Å²) in [5.74, 6) is -0.417. The van der Waals surface area contributed by atoms with Crippen molar-refractivity contribution in [3.8, 4) is 17.2 Å². The average molecular weight is 390 g/mol. The number of ether oxygens (including phenoxy) is 4. The molecule has 0 N–H and O–H groups in total. The quantitative estimate of drug-likeness (QED) is 0.346. The molecule has 1 heterocycles. The van der Waals surface area contributed by atoms with E-state index in [0.29, 0.717) is 30.1 Å². The lowest BCUT2D eigenvalue weighted by molar-refractivity contribution is 0.0681. The molecule has 0 spiro atoms. The van der Waals surface area contributed by atoms with Gasteiger partial charge in [0.25, 0.3) is 0 Å². The van der Waals surface area contributed by atoms with Crippen LogP contribution in [-0.4, -0.2) is 31.3 Å². The maximum absolute atomic E-state index is 12.5. The molecule has 1 atom stereocenters. The Bertz CT molecular complexity index is 996. The van der Waals surface area contributed by atoms with Gasteiger partial charge in [-0.25, -0.2) is 9.59 Å². The van der Waals surface area contributed by atoms with Crippen molar-refractivity contribution in [2.24, 2.45) is 0 Å². The van der Waals surface area contributed by atoms with Crippen LogP contribution in [0.3, 0.4) is 0 Å². The molecule has 0 bridgehead atoms. The fraction of sp³-hybridized carbons (Fsp3) is 0.130. The van der Waals surface area contributed by atoms with Crippen molar-refractivity contribution in [2.45, 2.75) is 6.10 Å². The Morgan fingerprint density at radius 2 is 1.34 bits per heavy atom. The highest BCUT2D eigenvalue weighted by Gasteiger charge is 2.24. The molecule has 0 aromatic heterocycles. The third-order valence-electron chi connectivity index (χ3n) is 4.18. The summed E-state index contributed by atoms with van der Waals surface area (Å²) >= 11 is 0. The minimum atomic E-state index is -0.565. The third kappa shape index (κ3) is 5.00. The molecule has 1 aliphatic heterocycles. The van der Waals surface area contributed by atoms with Gasteiger partial charge in [-0.1, -0.05) is 36.4 Å². The van der Waals surface area contributed by atoms with Gasteiger partial charge in [0.05, 0.1) is 17.7 Å². The first-order chi connectivity index (χ1) is 14.2. The van der Waals surface area contributed by atoms with E-state index in [-0.39, 0.29) is 17.6 Å². The molecule has 6 nitrogen and oxygen atoms in total. The number of epoxide rings is 1. The van der Waals surface area contributed by atoms with E-state index in [0.717, 1.165) is 0 Å². The molecule has 146 valence electrons. The maximum atomic E-state index is 12.5. The van der Waals surface area contributed by atoms with E-state index < -0.39 is 11.9 Å². The molecule has 0 amide bonds. The molecule has 4 rings (SSSR count). The van der Waals surface area contributed by atoms with Gasteiger partial charge in [0.1, 0.15) is 18.5 Å². The molecule has 3 aromatic carbocycles. The summed E-state index contributed by atoms with van der Waals surface area (Å²) in [6.45, 7) is 1.07. The van der Waals surface area contributed by atoms with Gasteiger partial charge in [-0.05, 0) is 36.4 Å². The van der Waals surface area contributed by atoms with Gasteiger partial charge in [-0.3, -0.25) is 0 Å². The number of esters is 2. The molecule has 1 saturated heterocycles. The Labute approximate surface area is 167 Å². The van der Waals surface area contributed by atoms with Crippen LogP contribution in [0.4, 0.5) is 0 Å². The average Bonchev–Trinajstić information content (AvgIpc) is 3.59. The van der Waals surface area contributed by atoms with Gasteiger partial charge >= 0.3 is 11.9 Å². The molecule has 6 heteroatoms. The number of hydrogen-bond donors (Lipinski definition) is 0. The summed E-state index contributed by atoms with van der Waals surface area (Å²) in [5.41, 5.74) is 0.768. The van der Waals surface area contributed by atoms with Crippen LogP contribution in [0.15, 0.2) is 78.9 Å². The Hall–Kier alpha value is -3.64. The lowest BCUT2D eigenvalue weighted by Gasteiger charge is -2.13. The minimum Gasteiger partial charge on any atom is -0.491 e. The van der Waals surface area contributed by atoms with Crippen molar-refractivity contribution < 1.29 is 28.5 Å². The van der Waals surface area contributed by atoms with Crippen LogP contribution in [0.5, 0.6) is 17.2 Å². The fourth-order valence-corrected chi connectivity index (χ4v) is 2.56. The lowest BCUT2D eigenvalue weighted by atomic mass is 10.2. The van der Waals surface area contributed by atoms with Gasteiger partial charge in [0.15, 0.2) is 11.5 Å². The third-order valence-corrected chi connectivity index (χ3v) is 4.18. The molecule has 0 saturated carbocycles. The van der Waals surface area contributed by atoms with Crippen LogP contribution < -0.4 is 14.2 Å². The first kappa shape index (κ1) is 18.7. The molecular weight excluding hydrogens is 372 g/mol. The summed E-state index contributed by atoms with van der Waals surface area (Å²) in [6.07, 6.45) is 0.0842. The maximum Gasteiger partial charge on any atom is 0.343 e. The molecule has 29 heavy (non-hydrogen) atoms. The normalized spacial score (nSPS) is 14.7. The summed E-state index contributed by atoms with van der Waals surface area (Å²) in [6, 6.07) is 21.8. The van der Waals surface area contributed by atoms with Gasteiger partial charge in [-0.2, -0.15) is 0 Å². The summed E-state index contributed by atoms with van der Waals surface area (Å²) in [4.78, 5) is 24.9. The molecule has 1 unspecified atom stereocenters. The summed E-state index contributed by atoms with van der Waals surface area (Å²) < 4.78 is 21.7. The molecule has 0 aliphatic carbocycles. The van der Waals surface area contributed by atoms with Crippen molar-refractivity contribution in [3.63, 3.8) is 0 Å². The topological polar surface area (TPSA) is 74.4 Å². The molecule has 1 fully saturated rings. The van der Waals surface area contributed by atoms with Crippen molar-refractivity contribution in [2.75, 3.05) is 13.2 Å². The monoisotopic (exact) mass is 390 g/mol. The number of carbonyl (C=O) groups is 2. The zero-order valence-corrected chi connectivity index (χ0v) is 15.4. The van der Waals surface area contributed by atoms with Crippen LogP contribution in [0.25, 0.3) is 0 Å². The highest BCUT2D eigenvalue weighted by atomic mass is 16.6. The van der Waals surface area contributed by atoms with Crippen LogP contribution in [0.1, 0.15) is 20.7 Å². The molecular formula is C23H18O6. The van der Waals surface area contributed by atoms with Gasteiger partial charge in [0, 0.05) is 6.07 Å². The number of carbonyl (C=O) groups excluding carboxylic acids is 2. The number of hydrogen-bond acceptors (Lipinski definition) is 6. The zero-order valence-electron chi connectivity index (χ0n) is 15.4. The Kier molecular flexibility index (Phi) is 5.54. The van der Waals surface area contributed by atoms with Gasteiger partial charge < -0.3 is 18.9 Å². The number of benzene rings is 3. The summed E-state index contributed by atoms with van der Waals surface area (Å²) in [5, 5.41) is 0. The van der Waals surface area contributed by atoms with E-state index in [1.807, 2.05) is 0 Å². The van der Waals surface area contributed by atoms with Crippen LogP contribution in [-0.2, 0) is 4.74 Å². The highest BCUT2D eigenvalue weighted by Crippen LogP contribution is 2.33. The SMILES string of the molecule is O=C(Oc1ccc(OCC2CO2)cc1OC(=O)c1ccccc1)c1ccccc1.